The van der Waals surface area contributed by atoms with Crippen molar-refractivity contribution in [1.82, 2.24) is 15.0 Å². The van der Waals surface area contributed by atoms with E-state index in [9.17, 15) is 4.79 Å². The maximum absolute atomic E-state index is 12.1. The maximum Gasteiger partial charge on any atom is 0.282 e. The lowest BCUT2D eigenvalue weighted by molar-refractivity contribution is 0.0848. The predicted molar refractivity (Wildman–Crippen MR) is 68.8 cm³/mol. The molecule has 0 aliphatic carbocycles. The van der Waals surface area contributed by atoms with Gasteiger partial charge in [-0.15, -0.1) is 0 Å². The summed E-state index contributed by atoms with van der Waals surface area (Å²) in [5, 5.41) is 2.78. The van der Waals surface area contributed by atoms with Gasteiger partial charge in [-0.3, -0.25) is 10.2 Å². The van der Waals surface area contributed by atoms with Crippen LogP contribution in [0.5, 0.6) is 0 Å². The summed E-state index contributed by atoms with van der Waals surface area (Å²) >= 11 is 0. The van der Waals surface area contributed by atoms with Crippen LogP contribution in [0.2, 0.25) is 0 Å². The van der Waals surface area contributed by atoms with Gasteiger partial charge in [0.05, 0.1) is 0 Å². The van der Waals surface area contributed by atoms with Crippen LogP contribution in [0.1, 0.15) is 16.1 Å². The molecule has 0 bridgehead atoms. The lowest BCUT2D eigenvalue weighted by Crippen LogP contribution is -2.37. The van der Waals surface area contributed by atoms with Crippen molar-refractivity contribution >= 4 is 16.8 Å². The second kappa shape index (κ2) is 4.22. The fourth-order valence-corrected chi connectivity index (χ4v) is 2.16. The monoisotopic (exact) mass is 231 g/mol. The molecule has 0 aliphatic rings. The quantitative estimate of drug-likeness (QED) is 0.799. The number of benzene rings is 1. The maximum atomic E-state index is 12.1. The highest BCUT2D eigenvalue weighted by Crippen LogP contribution is 2.24. The van der Waals surface area contributed by atoms with Crippen molar-refractivity contribution in [2.24, 2.45) is 7.05 Å². The number of nitrogens with one attached hydrogen (secondary N) is 1. The van der Waals surface area contributed by atoms with Crippen LogP contribution in [-0.4, -0.2) is 29.6 Å². The molecule has 0 saturated carbocycles. The van der Waals surface area contributed by atoms with Gasteiger partial charge in [0.2, 0.25) is 0 Å². The van der Waals surface area contributed by atoms with Gasteiger partial charge in [0.15, 0.2) is 0 Å². The van der Waals surface area contributed by atoms with Gasteiger partial charge in [0.1, 0.15) is 5.69 Å². The molecule has 2 aromatic rings. The summed E-state index contributed by atoms with van der Waals surface area (Å²) in [4.78, 5) is 12.1. The van der Waals surface area contributed by atoms with Crippen molar-refractivity contribution in [2.75, 3.05) is 14.1 Å². The molecule has 0 fully saturated rings. The van der Waals surface area contributed by atoms with Gasteiger partial charge < -0.3 is 4.57 Å². The molecule has 1 aromatic heterocycles. The number of nitrogens with zero attached hydrogens (tertiary/aromatic N) is 2. The number of amides is 1. The Hall–Kier alpha value is -1.81. The molecule has 0 aliphatic heterocycles. The molecular weight excluding hydrogens is 214 g/mol. The highest BCUT2D eigenvalue weighted by atomic mass is 16.2. The zero-order chi connectivity index (χ0) is 12.6. The van der Waals surface area contributed by atoms with Gasteiger partial charge >= 0.3 is 0 Å². The number of carbonyl (C=O) groups is 1. The average molecular weight is 231 g/mol. The number of carbonyl (C=O) groups excluding carboxylic acids is 1. The van der Waals surface area contributed by atoms with Crippen LogP contribution in [0.3, 0.4) is 0 Å². The first-order valence-corrected chi connectivity index (χ1v) is 5.54. The number of fused-ring (bicyclic) bond motifs is 1. The van der Waals surface area contributed by atoms with Crippen molar-refractivity contribution in [2.45, 2.75) is 6.92 Å². The van der Waals surface area contributed by atoms with E-state index >= 15 is 0 Å². The Bertz CT molecular complexity index is 530. The molecule has 17 heavy (non-hydrogen) atoms. The fourth-order valence-electron chi connectivity index (χ4n) is 2.16. The summed E-state index contributed by atoms with van der Waals surface area (Å²) in [6, 6.07) is 8.03. The minimum absolute atomic E-state index is 0.0776. The van der Waals surface area contributed by atoms with E-state index in [4.69, 9.17) is 0 Å². The molecule has 0 radical (unpaired) electrons. The van der Waals surface area contributed by atoms with Gasteiger partial charge in [-0.1, -0.05) is 18.2 Å². The summed E-state index contributed by atoms with van der Waals surface area (Å²) in [5.41, 5.74) is 5.58. The molecule has 0 unspecified atom stereocenters. The van der Waals surface area contributed by atoms with E-state index in [0.717, 1.165) is 16.5 Å². The first-order chi connectivity index (χ1) is 8.02. The number of rotatable bonds is 2. The second-order valence-corrected chi connectivity index (χ2v) is 4.39. The van der Waals surface area contributed by atoms with Crippen molar-refractivity contribution in [3.63, 3.8) is 0 Å². The number of hydrogen-bond donors (Lipinski definition) is 1. The third-order valence-electron chi connectivity index (χ3n) is 2.90. The van der Waals surface area contributed by atoms with Gasteiger partial charge in [-0.2, -0.15) is 0 Å². The van der Waals surface area contributed by atoms with Crippen LogP contribution in [0, 0.1) is 6.92 Å². The van der Waals surface area contributed by atoms with Crippen LogP contribution in [-0.2, 0) is 7.05 Å². The molecule has 2 rings (SSSR count). The molecular formula is C13H17N3O. The number of hydrazine groups is 1. The largest absolute Gasteiger partial charge is 0.339 e. The van der Waals surface area contributed by atoms with Crippen LogP contribution in [0.15, 0.2) is 24.3 Å². The molecule has 90 valence electrons. The Morgan fingerprint density at radius 2 is 1.94 bits per heavy atom. The standard InChI is InChI=1S/C13H17N3O/c1-9-10-7-5-6-8-11(10)16(4)12(9)13(17)14-15(2)3/h5-8H,1-4H3,(H,14,17). The van der Waals surface area contributed by atoms with Gasteiger partial charge in [0.25, 0.3) is 5.91 Å². The lowest BCUT2D eigenvalue weighted by Gasteiger charge is -2.13. The van der Waals surface area contributed by atoms with E-state index in [1.54, 1.807) is 19.1 Å². The third-order valence-corrected chi connectivity index (χ3v) is 2.90. The molecule has 1 heterocycles. The number of para-hydroxylation sites is 1. The van der Waals surface area contributed by atoms with E-state index in [0.29, 0.717) is 5.69 Å². The average Bonchev–Trinajstić information content (AvgIpc) is 2.51. The van der Waals surface area contributed by atoms with Crippen molar-refractivity contribution in [1.29, 1.82) is 0 Å². The van der Waals surface area contributed by atoms with Gasteiger partial charge in [-0.25, -0.2) is 5.01 Å². The van der Waals surface area contributed by atoms with Crippen molar-refractivity contribution < 1.29 is 4.79 Å². The third kappa shape index (κ3) is 1.91. The summed E-state index contributed by atoms with van der Waals surface area (Å²) < 4.78 is 1.93. The highest BCUT2D eigenvalue weighted by molar-refractivity contribution is 6.01. The molecule has 1 N–H and O–H groups in total. The smallest absolute Gasteiger partial charge is 0.282 e. The zero-order valence-electron chi connectivity index (χ0n) is 10.6. The zero-order valence-corrected chi connectivity index (χ0v) is 10.6. The topological polar surface area (TPSA) is 37.3 Å². The van der Waals surface area contributed by atoms with E-state index in [1.165, 1.54) is 0 Å². The molecule has 0 spiro atoms. The number of aryl methyl sites for hydroxylation is 2. The Labute approximate surface area is 101 Å². The first-order valence-electron chi connectivity index (χ1n) is 5.54. The normalized spacial score (nSPS) is 11.1. The van der Waals surface area contributed by atoms with Gasteiger partial charge in [0, 0.05) is 32.0 Å². The molecule has 4 heteroatoms. The Balaban J connectivity index is 2.58. The highest BCUT2D eigenvalue weighted by Gasteiger charge is 2.17. The summed E-state index contributed by atoms with van der Waals surface area (Å²) in [7, 11) is 5.52. The van der Waals surface area contributed by atoms with Crippen molar-refractivity contribution in [3.05, 3.63) is 35.5 Å². The van der Waals surface area contributed by atoms with Crippen LogP contribution in [0.4, 0.5) is 0 Å². The summed E-state index contributed by atoms with van der Waals surface area (Å²) in [6.45, 7) is 1.98. The predicted octanol–water partition coefficient (Wildman–Crippen LogP) is 1.69. The van der Waals surface area contributed by atoms with Crippen LogP contribution >= 0.6 is 0 Å². The van der Waals surface area contributed by atoms with E-state index in [2.05, 4.69) is 5.43 Å². The van der Waals surface area contributed by atoms with E-state index in [-0.39, 0.29) is 5.91 Å². The number of aromatic nitrogens is 1. The van der Waals surface area contributed by atoms with Gasteiger partial charge in [-0.05, 0) is 18.6 Å². The van der Waals surface area contributed by atoms with Crippen molar-refractivity contribution in [3.8, 4) is 0 Å². The summed E-state index contributed by atoms with van der Waals surface area (Å²) in [6.07, 6.45) is 0. The molecule has 1 amide bonds. The first kappa shape index (κ1) is 11.7. The second-order valence-electron chi connectivity index (χ2n) is 4.39. The molecule has 4 nitrogen and oxygen atoms in total. The Kier molecular flexibility index (Phi) is 2.90. The SMILES string of the molecule is Cc1c(C(=O)NN(C)C)n(C)c2ccccc12. The fraction of sp³-hybridized carbons (Fsp3) is 0.308. The minimum Gasteiger partial charge on any atom is -0.339 e. The molecule has 0 saturated heterocycles. The lowest BCUT2D eigenvalue weighted by atomic mass is 10.1. The van der Waals surface area contributed by atoms with E-state index < -0.39 is 0 Å². The molecule has 1 aromatic carbocycles. The van der Waals surface area contributed by atoms with E-state index in [1.807, 2.05) is 42.8 Å². The number of hydrogen-bond acceptors (Lipinski definition) is 2. The Morgan fingerprint density at radius 1 is 1.29 bits per heavy atom. The van der Waals surface area contributed by atoms with Crippen LogP contribution < -0.4 is 5.43 Å². The molecule has 0 atom stereocenters. The Morgan fingerprint density at radius 3 is 2.53 bits per heavy atom. The summed E-state index contributed by atoms with van der Waals surface area (Å²) in [5.74, 6) is -0.0776. The van der Waals surface area contributed by atoms with Crippen LogP contribution in [0.25, 0.3) is 10.9 Å². The minimum atomic E-state index is -0.0776.